The number of benzene rings is 3. The van der Waals surface area contributed by atoms with Crippen molar-refractivity contribution in [3.8, 4) is 0 Å². The van der Waals surface area contributed by atoms with Gasteiger partial charge in [0.1, 0.15) is 0 Å². The largest absolute Gasteiger partial charge is 0.337 e. The Morgan fingerprint density at radius 3 is 2.21 bits per heavy atom. The summed E-state index contributed by atoms with van der Waals surface area (Å²) in [4.78, 5) is 14.5. The highest BCUT2D eigenvalue weighted by molar-refractivity contribution is 7.92. The first kappa shape index (κ1) is 20.6. The Kier molecular flexibility index (Phi) is 6.03. The van der Waals surface area contributed by atoms with E-state index in [1.54, 1.807) is 48.3 Å². The molecule has 1 N–H and O–H groups in total. The van der Waals surface area contributed by atoms with Gasteiger partial charge in [-0.3, -0.25) is 9.52 Å². The predicted molar refractivity (Wildman–Crippen MR) is 115 cm³/mol. The Bertz CT molecular complexity index is 1110. The van der Waals surface area contributed by atoms with Crippen LogP contribution >= 0.6 is 0 Å². The van der Waals surface area contributed by atoms with Gasteiger partial charge in [0.25, 0.3) is 15.9 Å². The van der Waals surface area contributed by atoms with E-state index in [9.17, 15) is 13.2 Å². The molecular weight excluding hydrogens is 384 g/mol. The van der Waals surface area contributed by atoms with Gasteiger partial charge in [-0.1, -0.05) is 42.0 Å². The molecule has 0 bridgehead atoms. The second kappa shape index (κ2) is 8.49. The van der Waals surface area contributed by atoms with Crippen LogP contribution < -0.4 is 4.72 Å². The van der Waals surface area contributed by atoms with Crippen LogP contribution in [0.1, 0.15) is 27.0 Å². The molecule has 0 aromatic heterocycles. The highest BCUT2D eigenvalue weighted by Crippen LogP contribution is 2.18. The van der Waals surface area contributed by atoms with E-state index in [1.807, 2.05) is 32.0 Å². The summed E-state index contributed by atoms with van der Waals surface area (Å²) in [7, 11) is -1.97. The van der Waals surface area contributed by atoms with Gasteiger partial charge in [-0.2, -0.15) is 0 Å². The minimum absolute atomic E-state index is 0.106. The first-order valence-electron chi connectivity index (χ1n) is 9.26. The van der Waals surface area contributed by atoms with Crippen molar-refractivity contribution in [1.82, 2.24) is 4.90 Å². The molecular formula is C23H24N2O3S. The number of anilines is 1. The molecule has 0 heterocycles. The second-order valence-electron chi connectivity index (χ2n) is 7.09. The van der Waals surface area contributed by atoms with Crippen molar-refractivity contribution in [2.24, 2.45) is 0 Å². The van der Waals surface area contributed by atoms with E-state index in [1.165, 1.54) is 17.7 Å². The highest BCUT2D eigenvalue weighted by Gasteiger charge is 2.17. The van der Waals surface area contributed by atoms with Crippen LogP contribution in [0, 0.1) is 13.8 Å². The average Bonchev–Trinajstić information content (AvgIpc) is 2.70. The van der Waals surface area contributed by atoms with Crippen LogP contribution in [0.15, 0.2) is 77.7 Å². The molecule has 0 radical (unpaired) electrons. The smallest absolute Gasteiger partial charge is 0.261 e. The maximum atomic E-state index is 12.7. The summed E-state index contributed by atoms with van der Waals surface area (Å²) in [6.45, 7) is 4.55. The predicted octanol–water partition coefficient (Wildman–Crippen LogP) is 4.38. The maximum Gasteiger partial charge on any atom is 0.261 e. The molecule has 150 valence electrons. The number of nitrogens with zero attached hydrogens (tertiary/aromatic N) is 1. The van der Waals surface area contributed by atoms with Crippen molar-refractivity contribution in [2.45, 2.75) is 25.3 Å². The molecule has 6 heteroatoms. The topological polar surface area (TPSA) is 66.5 Å². The quantitative estimate of drug-likeness (QED) is 0.658. The first-order chi connectivity index (χ1) is 13.8. The van der Waals surface area contributed by atoms with E-state index in [0.717, 1.165) is 11.1 Å². The zero-order chi connectivity index (χ0) is 21.0. The van der Waals surface area contributed by atoms with E-state index in [4.69, 9.17) is 0 Å². The number of nitrogens with one attached hydrogen (secondary N) is 1. The van der Waals surface area contributed by atoms with Crippen LogP contribution in [0.3, 0.4) is 0 Å². The third-order valence-electron chi connectivity index (χ3n) is 4.69. The fourth-order valence-corrected chi connectivity index (χ4v) is 4.13. The van der Waals surface area contributed by atoms with Gasteiger partial charge in [-0.15, -0.1) is 0 Å². The Hall–Kier alpha value is -3.12. The molecule has 3 rings (SSSR count). The minimum Gasteiger partial charge on any atom is -0.337 e. The molecule has 1 amide bonds. The Morgan fingerprint density at radius 2 is 1.59 bits per heavy atom. The number of hydrogen-bond acceptors (Lipinski definition) is 3. The van der Waals surface area contributed by atoms with Gasteiger partial charge in [0.2, 0.25) is 0 Å². The lowest BCUT2D eigenvalue weighted by atomic mass is 10.1. The Morgan fingerprint density at radius 1 is 0.931 bits per heavy atom. The molecule has 0 unspecified atom stereocenters. The SMILES string of the molecule is Cc1ccc(CN(C)C(=O)c2ccc(S(=O)(=O)Nc3ccccc3)cc2)c(C)c1. The summed E-state index contributed by atoms with van der Waals surface area (Å²) in [5, 5.41) is 0. The van der Waals surface area contributed by atoms with Gasteiger partial charge in [0.05, 0.1) is 4.90 Å². The van der Waals surface area contributed by atoms with Crippen molar-refractivity contribution >= 4 is 21.6 Å². The van der Waals surface area contributed by atoms with Gasteiger partial charge in [-0.05, 0) is 61.4 Å². The van der Waals surface area contributed by atoms with Gasteiger partial charge in [0.15, 0.2) is 0 Å². The van der Waals surface area contributed by atoms with Gasteiger partial charge in [0, 0.05) is 24.8 Å². The summed E-state index contributed by atoms with van der Waals surface area (Å²) >= 11 is 0. The lowest BCUT2D eigenvalue weighted by molar-refractivity contribution is 0.0785. The van der Waals surface area contributed by atoms with E-state index in [0.29, 0.717) is 17.8 Å². The summed E-state index contributed by atoms with van der Waals surface area (Å²) < 4.78 is 27.6. The number of rotatable bonds is 6. The molecule has 3 aromatic carbocycles. The fraction of sp³-hybridized carbons (Fsp3) is 0.174. The Balaban J connectivity index is 1.72. The van der Waals surface area contributed by atoms with Crippen LogP contribution in [0.4, 0.5) is 5.69 Å². The van der Waals surface area contributed by atoms with Crippen molar-refractivity contribution in [3.63, 3.8) is 0 Å². The molecule has 0 aliphatic rings. The lowest BCUT2D eigenvalue weighted by Crippen LogP contribution is -2.26. The summed E-state index contributed by atoms with van der Waals surface area (Å²) in [6, 6.07) is 20.8. The Labute approximate surface area is 172 Å². The molecule has 0 saturated carbocycles. The second-order valence-corrected chi connectivity index (χ2v) is 8.77. The first-order valence-corrected chi connectivity index (χ1v) is 10.7. The molecule has 0 atom stereocenters. The van der Waals surface area contributed by atoms with Crippen molar-refractivity contribution in [2.75, 3.05) is 11.8 Å². The molecule has 29 heavy (non-hydrogen) atoms. The highest BCUT2D eigenvalue weighted by atomic mass is 32.2. The van der Waals surface area contributed by atoms with Crippen LogP contribution in [-0.4, -0.2) is 26.3 Å². The third kappa shape index (κ3) is 5.03. The molecule has 3 aromatic rings. The van der Waals surface area contributed by atoms with Gasteiger partial charge in [-0.25, -0.2) is 8.42 Å². The standard InChI is InChI=1S/C23H24N2O3S/c1-17-9-10-20(18(2)15-17)16-25(3)23(26)19-11-13-22(14-12-19)29(27,28)24-21-7-5-4-6-8-21/h4-15,24H,16H2,1-3H3. The zero-order valence-corrected chi connectivity index (χ0v) is 17.5. The van der Waals surface area contributed by atoms with E-state index >= 15 is 0 Å². The normalized spacial score (nSPS) is 11.1. The number of carbonyl (C=O) groups excluding carboxylic acids is 1. The summed E-state index contributed by atoms with van der Waals surface area (Å²) in [6.07, 6.45) is 0. The lowest BCUT2D eigenvalue weighted by Gasteiger charge is -2.19. The van der Waals surface area contributed by atoms with Crippen molar-refractivity contribution < 1.29 is 13.2 Å². The molecule has 0 aliphatic heterocycles. The molecule has 5 nitrogen and oxygen atoms in total. The monoisotopic (exact) mass is 408 g/mol. The third-order valence-corrected chi connectivity index (χ3v) is 6.09. The number of hydrogen-bond donors (Lipinski definition) is 1. The molecule has 0 saturated heterocycles. The summed E-state index contributed by atoms with van der Waals surface area (Å²) in [5.41, 5.74) is 4.33. The van der Waals surface area contributed by atoms with E-state index in [2.05, 4.69) is 10.8 Å². The summed E-state index contributed by atoms with van der Waals surface area (Å²) in [5.74, 6) is -0.162. The van der Waals surface area contributed by atoms with Crippen LogP contribution in [0.5, 0.6) is 0 Å². The molecule has 0 aliphatic carbocycles. The number of aryl methyl sites for hydroxylation is 2. The van der Waals surface area contributed by atoms with Crippen molar-refractivity contribution in [3.05, 3.63) is 95.1 Å². The van der Waals surface area contributed by atoms with Crippen LogP contribution in [0.25, 0.3) is 0 Å². The van der Waals surface area contributed by atoms with Crippen molar-refractivity contribution in [1.29, 1.82) is 0 Å². The van der Waals surface area contributed by atoms with E-state index < -0.39 is 10.0 Å². The number of amides is 1. The average molecular weight is 409 g/mol. The minimum atomic E-state index is -3.71. The number of sulfonamides is 1. The molecule has 0 fully saturated rings. The number of carbonyl (C=O) groups is 1. The van der Waals surface area contributed by atoms with E-state index in [-0.39, 0.29) is 10.8 Å². The van der Waals surface area contributed by atoms with Gasteiger partial charge < -0.3 is 4.90 Å². The zero-order valence-electron chi connectivity index (χ0n) is 16.7. The maximum absolute atomic E-state index is 12.7. The number of para-hydroxylation sites is 1. The fourth-order valence-electron chi connectivity index (χ4n) is 3.07. The van der Waals surface area contributed by atoms with Crippen LogP contribution in [-0.2, 0) is 16.6 Å². The van der Waals surface area contributed by atoms with Gasteiger partial charge >= 0.3 is 0 Å². The van der Waals surface area contributed by atoms with Crippen LogP contribution in [0.2, 0.25) is 0 Å². The molecule has 0 spiro atoms.